The van der Waals surface area contributed by atoms with Crippen LogP contribution in [0.3, 0.4) is 0 Å². The Balaban J connectivity index is 2.15. The van der Waals surface area contributed by atoms with Crippen molar-refractivity contribution < 1.29 is 9.53 Å². The maximum atomic E-state index is 11.3. The van der Waals surface area contributed by atoms with Crippen molar-refractivity contribution in [1.29, 1.82) is 0 Å². The Morgan fingerprint density at radius 3 is 2.29 bits per heavy atom. The van der Waals surface area contributed by atoms with Crippen LogP contribution in [0.15, 0.2) is 42.5 Å². The van der Waals surface area contributed by atoms with Crippen LogP contribution in [0.2, 0.25) is 10.0 Å². The molecule has 0 saturated heterocycles. The molecule has 1 atom stereocenters. The predicted molar refractivity (Wildman–Crippen MR) is 85.6 cm³/mol. The fourth-order valence-corrected chi connectivity index (χ4v) is 2.30. The molecular weight excluding hydrogens is 309 g/mol. The van der Waals surface area contributed by atoms with E-state index in [-0.39, 0.29) is 0 Å². The minimum Gasteiger partial charge on any atom is -0.468 e. The maximum Gasteiger partial charge on any atom is 0.322 e. The molecule has 0 radical (unpaired) electrons. The van der Waals surface area contributed by atoms with E-state index in [2.05, 4.69) is 4.74 Å². The average molecular weight is 324 g/mol. The van der Waals surface area contributed by atoms with E-state index in [1.54, 1.807) is 6.07 Å². The number of ether oxygens (including phenoxy) is 1. The van der Waals surface area contributed by atoms with Gasteiger partial charge in [-0.3, -0.25) is 4.79 Å². The minimum absolute atomic E-state index is 0.413. The van der Waals surface area contributed by atoms with E-state index < -0.39 is 12.0 Å². The van der Waals surface area contributed by atoms with Gasteiger partial charge in [0, 0.05) is 0 Å². The summed E-state index contributed by atoms with van der Waals surface area (Å²) in [6.45, 7) is 0. The van der Waals surface area contributed by atoms with Crippen molar-refractivity contribution in [3.05, 3.63) is 58.1 Å². The summed E-state index contributed by atoms with van der Waals surface area (Å²) in [5.41, 5.74) is 8.71. The van der Waals surface area contributed by atoms with Crippen LogP contribution in [-0.4, -0.2) is 19.1 Å². The molecule has 0 saturated carbocycles. The van der Waals surface area contributed by atoms with Gasteiger partial charge in [-0.2, -0.15) is 0 Å². The number of carbonyl (C=O) groups excluding carboxylic acids is 1. The van der Waals surface area contributed by atoms with Gasteiger partial charge in [0.15, 0.2) is 0 Å². The summed E-state index contributed by atoms with van der Waals surface area (Å²) in [6.07, 6.45) is 0.439. The number of nitrogens with two attached hydrogens (primary N) is 1. The zero-order chi connectivity index (χ0) is 15.4. The number of halogens is 2. The third kappa shape index (κ3) is 3.97. The van der Waals surface area contributed by atoms with Gasteiger partial charge in [-0.25, -0.2) is 0 Å². The van der Waals surface area contributed by atoms with Crippen molar-refractivity contribution in [3.8, 4) is 11.1 Å². The molecule has 0 aromatic heterocycles. The maximum absolute atomic E-state index is 11.3. The fourth-order valence-electron chi connectivity index (χ4n) is 2.00. The summed E-state index contributed by atoms with van der Waals surface area (Å²) < 4.78 is 4.61. The molecule has 0 aliphatic rings. The molecule has 0 amide bonds. The molecule has 1 unspecified atom stereocenters. The highest BCUT2D eigenvalue weighted by Gasteiger charge is 2.14. The monoisotopic (exact) mass is 323 g/mol. The third-order valence-electron chi connectivity index (χ3n) is 3.17. The predicted octanol–water partition coefficient (Wildman–Crippen LogP) is 3.70. The molecule has 0 aliphatic heterocycles. The van der Waals surface area contributed by atoms with Gasteiger partial charge in [0.05, 0.1) is 17.2 Å². The first-order chi connectivity index (χ1) is 10.0. The summed E-state index contributed by atoms with van der Waals surface area (Å²) in [5.74, 6) is -0.413. The number of carbonyl (C=O) groups is 1. The van der Waals surface area contributed by atoms with Gasteiger partial charge in [-0.1, -0.05) is 53.5 Å². The summed E-state index contributed by atoms with van der Waals surface area (Å²) in [5, 5.41) is 1.05. The highest BCUT2D eigenvalue weighted by molar-refractivity contribution is 6.42. The van der Waals surface area contributed by atoms with Crippen molar-refractivity contribution >= 4 is 29.2 Å². The number of methoxy groups -OCH3 is 1. The van der Waals surface area contributed by atoms with E-state index in [1.165, 1.54) is 7.11 Å². The molecule has 2 rings (SSSR count). The molecule has 2 N–H and O–H groups in total. The fraction of sp³-hybridized carbons (Fsp3) is 0.188. The van der Waals surface area contributed by atoms with Gasteiger partial charge < -0.3 is 10.5 Å². The molecule has 5 heteroatoms. The van der Waals surface area contributed by atoms with E-state index in [0.717, 1.165) is 16.7 Å². The molecule has 2 aromatic carbocycles. The number of hydrogen-bond acceptors (Lipinski definition) is 3. The Morgan fingerprint density at radius 1 is 1.10 bits per heavy atom. The van der Waals surface area contributed by atoms with Gasteiger partial charge in [0.25, 0.3) is 0 Å². The molecule has 3 nitrogen and oxygen atoms in total. The lowest BCUT2D eigenvalue weighted by molar-refractivity contribution is -0.142. The topological polar surface area (TPSA) is 52.3 Å². The Morgan fingerprint density at radius 2 is 1.71 bits per heavy atom. The van der Waals surface area contributed by atoms with E-state index in [4.69, 9.17) is 28.9 Å². The van der Waals surface area contributed by atoms with E-state index in [9.17, 15) is 4.79 Å². The van der Waals surface area contributed by atoms with Crippen molar-refractivity contribution in [2.75, 3.05) is 7.11 Å². The highest BCUT2D eigenvalue weighted by atomic mass is 35.5. The quantitative estimate of drug-likeness (QED) is 0.873. The molecule has 0 spiro atoms. The van der Waals surface area contributed by atoms with Crippen LogP contribution in [0.5, 0.6) is 0 Å². The summed E-state index contributed by atoms with van der Waals surface area (Å²) in [6, 6.07) is 12.6. The smallest absolute Gasteiger partial charge is 0.322 e. The van der Waals surface area contributed by atoms with Crippen molar-refractivity contribution in [3.63, 3.8) is 0 Å². The lowest BCUT2D eigenvalue weighted by Gasteiger charge is -2.10. The zero-order valence-corrected chi connectivity index (χ0v) is 13.0. The minimum atomic E-state index is -0.647. The molecule has 0 fully saturated rings. The van der Waals surface area contributed by atoms with Crippen molar-refractivity contribution in [1.82, 2.24) is 0 Å². The normalized spacial score (nSPS) is 12.0. The van der Waals surface area contributed by atoms with E-state index in [1.807, 2.05) is 36.4 Å². The third-order valence-corrected chi connectivity index (χ3v) is 3.91. The first kappa shape index (κ1) is 15.8. The van der Waals surface area contributed by atoms with Crippen LogP contribution in [0.25, 0.3) is 11.1 Å². The van der Waals surface area contributed by atoms with Crippen LogP contribution < -0.4 is 5.73 Å². The first-order valence-electron chi connectivity index (χ1n) is 6.39. The SMILES string of the molecule is COC(=O)C(N)Cc1ccc(-c2ccc(Cl)c(Cl)c2)cc1. The molecule has 110 valence electrons. The Labute approximate surface area is 133 Å². The molecule has 0 aliphatic carbocycles. The summed E-state index contributed by atoms with van der Waals surface area (Å²) in [7, 11) is 1.33. The highest BCUT2D eigenvalue weighted by Crippen LogP contribution is 2.28. The van der Waals surface area contributed by atoms with E-state index >= 15 is 0 Å². The number of benzene rings is 2. The largest absolute Gasteiger partial charge is 0.468 e. The molecule has 21 heavy (non-hydrogen) atoms. The van der Waals surface area contributed by atoms with Gasteiger partial charge >= 0.3 is 5.97 Å². The van der Waals surface area contributed by atoms with Crippen LogP contribution in [0.1, 0.15) is 5.56 Å². The second-order valence-corrected chi connectivity index (χ2v) is 5.47. The van der Waals surface area contributed by atoms with Crippen LogP contribution >= 0.6 is 23.2 Å². The van der Waals surface area contributed by atoms with Gasteiger partial charge in [-0.05, 0) is 35.2 Å². The van der Waals surface area contributed by atoms with Gasteiger partial charge in [0.2, 0.25) is 0 Å². The molecule has 0 heterocycles. The van der Waals surface area contributed by atoms with Crippen LogP contribution in [-0.2, 0) is 16.0 Å². The standard InChI is InChI=1S/C16H15Cl2NO2/c1-21-16(20)15(19)8-10-2-4-11(5-3-10)12-6-7-13(17)14(18)9-12/h2-7,9,15H,8,19H2,1H3. The number of rotatable bonds is 4. The summed E-state index contributed by atoms with van der Waals surface area (Å²) in [4.78, 5) is 11.3. The lowest BCUT2D eigenvalue weighted by Crippen LogP contribution is -2.33. The van der Waals surface area contributed by atoms with Crippen molar-refractivity contribution in [2.45, 2.75) is 12.5 Å². The molecule has 0 bridgehead atoms. The molecule has 2 aromatic rings. The van der Waals surface area contributed by atoms with Crippen LogP contribution in [0, 0.1) is 0 Å². The molecular formula is C16H15Cl2NO2. The Hall–Kier alpha value is -1.55. The Kier molecular flexibility index (Phi) is 5.23. The second kappa shape index (κ2) is 6.94. The Bertz CT molecular complexity index is 641. The number of esters is 1. The van der Waals surface area contributed by atoms with Gasteiger partial charge in [-0.15, -0.1) is 0 Å². The van der Waals surface area contributed by atoms with E-state index in [0.29, 0.717) is 16.5 Å². The number of hydrogen-bond donors (Lipinski definition) is 1. The van der Waals surface area contributed by atoms with Crippen LogP contribution in [0.4, 0.5) is 0 Å². The van der Waals surface area contributed by atoms with Crippen molar-refractivity contribution in [2.24, 2.45) is 5.73 Å². The van der Waals surface area contributed by atoms with Gasteiger partial charge in [0.1, 0.15) is 6.04 Å². The first-order valence-corrected chi connectivity index (χ1v) is 7.14. The summed E-state index contributed by atoms with van der Waals surface area (Å²) >= 11 is 11.9. The average Bonchev–Trinajstić information content (AvgIpc) is 2.50. The lowest BCUT2D eigenvalue weighted by atomic mass is 10.0. The second-order valence-electron chi connectivity index (χ2n) is 4.66. The zero-order valence-electron chi connectivity index (χ0n) is 11.5.